The van der Waals surface area contributed by atoms with Crippen LogP contribution in [0.4, 0.5) is 11.4 Å². The van der Waals surface area contributed by atoms with E-state index in [0.717, 1.165) is 37.2 Å². The third-order valence-corrected chi connectivity index (χ3v) is 5.74. The summed E-state index contributed by atoms with van der Waals surface area (Å²) in [5.41, 5.74) is 2.47. The number of hydrogen-bond donors (Lipinski definition) is 1. The van der Waals surface area contributed by atoms with Crippen LogP contribution in [0.15, 0.2) is 54.6 Å². The second-order valence-electron chi connectivity index (χ2n) is 6.32. The molecule has 2 aromatic carbocycles. The van der Waals surface area contributed by atoms with Crippen LogP contribution >= 0.6 is 0 Å². The van der Waals surface area contributed by atoms with Crippen LogP contribution in [0.25, 0.3) is 0 Å². The fraction of sp³-hybridized carbons (Fsp3) is 0.368. The molecule has 134 valence electrons. The lowest BCUT2D eigenvalue weighted by atomic mass is 10.1. The standard InChI is InChI=1S/C19H24N2O3S/c1-24-19-11-13-21(14-12-19)18-9-7-17(8-10-18)20-25(22,23)15-16-5-3-2-4-6-16/h2-10,19-20H,11-15H2,1H3. The Morgan fingerprint density at radius 3 is 2.28 bits per heavy atom. The van der Waals surface area contributed by atoms with E-state index < -0.39 is 10.0 Å². The predicted octanol–water partition coefficient (Wildman–Crippen LogP) is 3.24. The first kappa shape index (κ1) is 17.8. The Bertz CT molecular complexity index is 768. The molecule has 0 spiro atoms. The lowest BCUT2D eigenvalue weighted by molar-refractivity contribution is 0.0819. The molecule has 0 radical (unpaired) electrons. The van der Waals surface area contributed by atoms with Crippen LogP contribution in [0.2, 0.25) is 0 Å². The van der Waals surface area contributed by atoms with Crippen molar-refractivity contribution >= 4 is 21.4 Å². The molecular weight excluding hydrogens is 336 g/mol. The SMILES string of the molecule is COC1CCN(c2ccc(NS(=O)(=O)Cc3ccccc3)cc2)CC1. The fourth-order valence-corrected chi connectivity index (χ4v) is 4.30. The molecule has 3 rings (SSSR count). The average molecular weight is 360 g/mol. The third kappa shape index (κ3) is 4.96. The van der Waals surface area contributed by atoms with Gasteiger partial charge in [-0.3, -0.25) is 4.72 Å². The van der Waals surface area contributed by atoms with Crippen LogP contribution in [-0.2, 0) is 20.5 Å². The van der Waals surface area contributed by atoms with Gasteiger partial charge in [0.15, 0.2) is 0 Å². The fourth-order valence-electron chi connectivity index (χ4n) is 3.10. The minimum atomic E-state index is -3.42. The summed E-state index contributed by atoms with van der Waals surface area (Å²) in [6.07, 6.45) is 2.38. The second-order valence-corrected chi connectivity index (χ2v) is 8.04. The second kappa shape index (κ2) is 7.89. The summed E-state index contributed by atoms with van der Waals surface area (Å²) < 4.78 is 32.6. The first-order valence-electron chi connectivity index (χ1n) is 8.48. The van der Waals surface area contributed by atoms with Crippen LogP contribution in [0.3, 0.4) is 0 Å². The van der Waals surface area contributed by atoms with Gasteiger partial charge in [0.05, 0.1) is 11.9 Å². The highest BCUT2D eigenvalue weighted by atomic mass is 32.2. The number of piperidine rings is 1. The molecule has 0 atom stereocenters. The molecule has 6 heteroatoms. The van der Waals surface area contributed by atoms with E-state index >= 15 is 0 Å². The molecule has 1 saturated heterocycles. The first-order valence-corrected chi connectivity index (χ1v) is 10.1. The summed E-state index contributed by atoms with van der Waals surface area (Å²) in [5.74, 6) is -0.0277. The van der Waals surface area contributed by atoms with E-state index in [-0.39, 0.29) is 5.75 Å². The number of anilines is 2. The molecule has 25 heavy (non-hydrogen) atoms. The van der Waals surface area contributed by atoms with Gasteiger partial charge in [-0.15, -0.1) is 0 Å². The highest BCUT2D eigenvalue weighted by Gasteiger charge is 2.19. The van der Waals surface area contributed by atoms with Crippen molar-refractivity contribution in [1.82, 2.24) is 0 Å². The maximum absolute atomic E-state index is 12.3. The summed E-state index contributed by atoms with van der Waals surface area (Å²) >= 11 is 0. The summed E-state index contributed by atoms with van der Waals surface area (Å²) in [6.45, 7) is 1.91. The van der Waals surface area contributed by atoms with Gasteiger partial charge in [0.2, 0.25) is 10.0 Å². The molecule has 0 bridgehead atoms. The quantitative estimate of drug-likeness (QED) is 0.859. The van der Waals surface area contributed by atoms with Crippen LogP contribution in [0.1, 0.15) is 18.4 Å². The molecule has 2 aromatic rings. The Morgan fingerprint density at radius 2 is 1.68 bits per heavy atom. The van der Waals surface area contributed by atoms with E-state index in [1.807, 2.05) is 54.6 Å². The molecule has 1 aliphatic rings. The van der Waals surface area contributed by atoms with Crippen LogP contribution in [0, 0.1) is 0 Å². The summed E-state index contributed by atoms with van der Waals surface area (Å²) in [7, 11) is -1.66. The van der Waals surface area contributed by atoms with E-state index in [9.17, 15) is 8.42 Å². The Morgan fingerprint density at radius 1 is 1.04 bits per heavy atom. The molecule has 0 unspecified atom stereocenters. The van der Waals surface area contributed by atoms with Crippen LogP contribution in [0.5, 0.6) is 0 Å². The van der Waals surface area contributed by atoms with Gasteiger partial charge in [0.1, 0.15) is 0 Å². The third-order valence-electron chi connectivity index (χ3n) is 4.48. The van der Waals surface area contributed by atoms with Crippen molar-refractivity contribution in [3.05, 3.63) is 60.2 Å². The average Bonchev–Trinajstić information content (AvgIpc) is 2.62. The Hall–Kier alpha value is -2.05. The minimum Gasteiger partial charge on any atom is -0.381 e. The smallest absolute Gasteiger partial charge is 0.236 e. The topological polar surface area (TPSA) is 58.6 Å². The maximum atomic E-state index is 12.3. The lowest BCUT2D eigenvalue weighted by Crippen LogP contribution is -2.36. The van der Waals surface area contributed by atoms with E-state index in [1.54, 1.807) is 7.11 Å². The first-order chi connectivity index (χ1) is 12.1. The predicted molar refractivity (Wildman–Crippen MR) is 101 cm³/mol. The van der Waals surface area contributed by atoms with Gasteiger partial charge in [0.25, 0.3) is 0 Å². The van der Waals surface area contributed by atoms with Gasteiger partial charge in [-0.1, -0.05) is 30.3 Å². The normalized spacial score (nSPS) is 16.0. The Kier molecular flexibility index (Phi) is 5.60. The lowest BCUT2D eigenvalue weighted by Gasteiger charge is -2.33. The molecule has 0 saturated carbocycles. The van der Waals surface area contributed by atoms with Gasteiger partial charge in [-0.25, -0.2) is 8.42 Å². The summed E-state index contributed by atoms with van der Waals surface area (Å²) in [6, 6.07) is 16.7. The molecule has 0 aliphatic carbocycles. The van der Waals surface area contributed by atoms with Crippen molar-refractivity contribution in [3.63, 3.8) is 0 Å². The Balaban J connectivity index is 1.61. The van der Waals surface area contributed by atoms with Gasteiger partial charge in [0, 0.05) is 31.6 Å². The molecule has 0 amide bonds. The number of hydrogen-bond acceptors (Lipinski definition) is 4. The van der Waals surface area contributed by atoms with E-state index in [2.05, 4.69) is 9.62 Å². The van der Waals surface area contributed by atoms with Gasteiger partial charge < -0.3 is 9.64 Å². The van der Waals surface area contributed by atoms with Gasteiger partial charge in [-0.2, -0.15) is 0 Å². The van der Waals surface area contributed by atoms with Crippen molar-refractivity contribution in [2.24, 2.45) is 0 Å². The largest absolute Gasteiger partial charge is 0.381 e. The van der Waals surface area contributed by atoms with Gasteiger partial charge >= 0.3 is 0 Å². The summed E-state index contributed by atoms with van der Waals surface area (Å²) in [5, 5.41) is 0. The molecule has 1 N–H and O–H groups in total. The number of ether oxygens (including phenoxy) is 1. The number of nitrogens with one attached hydrogen (secondary N) is 1. The highest BCUT2D eigenvalue weighted by molar-refractivity contribution is 7.91. The van der Waals surface area contributed by atoms with E-state index in [1.165, 1.54) is 0 Å². The molecule has 5 nitrogen and oxygen atoms in total. The number of rotatable bonds is 6. The highest BCUT2D eigenvalue weighted by Crippen LogP contribution is 2.23. The number of benzene rings is 2. The molecular formula is C19H24N2O3S. The Labute approximate surface area is 149 Å². The van der Waals surface area contributed by atoms with Crippen LogP contribution < -0.4 is 9.62 Å². The zero-order valence-electron chi connectivity index (χ0n) is 14.4. The van der Waals surface area contributed by atoms with Gasteiger partial charge in [-0.05, 0) is 42.7 Å². The number of nitrogens with zero attached hydrogens (tertiary/aromatic N) is 1. The summed E-state index contributed by atoms with van der Waals surface area (Å²) in [4.78, 5) is 2.30. The molecule has 1 heterocycles. The zero-order valence-corrected chi connectivity index (χ0v) is 15.2. The van der Waals surface area contributed by atoms with E-state index in [0.29, 0.717) is 11.8 Å². The molecule has 1 fully saturated rings. The van der Waals surface area contributed by atoms with Crippen LogP contribution in [-0.4, -0.2) is 34.7 Å². The van der Waals surface area contributed by atoms with Crippen molar-refractivity contribution in [2.75, 3.05) is 29.8 Å². The van der Waals surface area contributed by atoms with Crippen molar-refractivity contribution in [1.29, 1.82) is 0 Å². The minimum absolute atomic E-state index is 0.0277. The number of sulfonamides is 1. The molecule has 1 aliphatic heterocycles. The van der Waals surface area contributed by atoms with Crippen molar-refractivity contribution in [3.8, 4) is 0 Å². The zero-order chi connectivity index (χ0) is 17.7. The van der Waals surface area contributed by atoms with E-state index in [4.69, 9.17) is 4.74 Å². The maximum Gasteiger partial charge on any atom is 0.236 e. The number of methoxy groups -OCH3 is 1. The van der Waals surface area contributed by atoms with Crippen molar-refractivity contribution in [2.45, 2.75) is 24.7 Å². The molecule has 0 aromatic heterocycles. The van der Waals surface area contributed by atoms with Crippen molar-refractivity contribution < 1.29 is 13.2 Å². The monoisotopic (exact) mass is 360 g/mol.